The van der Waals surface area contributed by atoms with Gasteiger partial charge in [0.05, 0.1) is 6.61 Å². The number of hydrogen-bond donors (Lipinski definition) is 0. The van der Waals surface area contributed by atoms with E-state index < -0.39 is 5.41 Å². The lowest BCUT2D eigenvalue weighted by Crippen LogP contribution is -2.46. The molecule has 18 heavy (non-hydrogen) atoms. The van der Waals surface area contributed by atoms with Gasteiger partial charge in [0.15, 0.2) is 5.82 Å². The van der Waals surface area contributed by atoms with Gasteiger partial charge in [-0.2, -0.15) is 0 Å². The second-order valence-electron chi connectivity index (χ2n) is 5.33. The Kier molecular flexibility index (Phi) is 2.64. The van der Waals surface area contributed by atoms with Crippen LogP contribution in [0.4, 0.5) is 0 Å². The first-order valence-corrected chi connectivity index (χ1v) is 6.78. The summed E-state index contributed by atoms with van der Waals surface area (Å²) in [6.07, 6.45) is 5.10. The molecule has 5 nitrogen and oxygen atoms in total. The van der Waals surface area contributed by atoms with Crippen molar-refractivity contribution in [2.45, 2.75) is 57.4 Å². The number of nitrogens with zero attached hydrogens (tertiary/aromatic N) is 3. The zero-order chi connectivity index (χ0) is 12.8. The molecule has 2 aliphatic rings. The summed E-state index contributed by atoms with van der Waals surface area (Å²) >= 11 is 0. The quantitative estimate of drug-likeness (QED) is 0.765. The molecule has 1 heterocycles. The second kappa shape index (κ2) is 4.07. The molecule has 0 bridgehead atoms. The van der Waals surface area contributed by atoms with Gasteiger partial charge in [-0.05, 0) is 39.5 Å². The van der Waals surface area contributed by atoms with Crippen molar-refractivity contribution in [3.63, 3.8) is 0 Å². The van der Waals surface area contributed by atoms with Crippen molar-refractivity contribution >= 4 is 5.97 Å². The molecule has 0 amide bonds. The smallest absolute Gasteiger partial charge is 0.319 e. The second-order valence-corrected chi connectivity index (χ2v) is 5.33. The van der Waals surface area contributed by atoms with Gasteiger partial charge < -0.3 is 9.30 Å². The zero-order valence-corrected chi connectivity index (χ0v) is 11.0. The van der Waals surface area contributed by atoms with Crippen LogP contribution < -0.4 is 0 Å². The highest BCUT2D eigenvalue weighted by Gasteiger charge is 2.52. The highest BCUT2D eigenvalue weighted by atomic mass is 16.5. The van der Waals surface area contributed by atoms with Crippen molar-refractivity contribution in [2.75, 3.05) is 6.61 Å². The van der Waals surface area contributed by atoms with Crippen molar-refractivity contribution in [1.29, 1.82) is 0 Å². The maximum absolute atomic E-state index is 12.2. The molecule has 0 unspecified atom stereocenters. The van der Waals surface area contributed by atoms with Crippen molar-refractivity contribution in [3.8, 4) is 0 Å². The molecule has 0 aromatic carbocycles. The fraction of sp³-hybridized carbons (Fsp3) is 0.769. The van der Waals surface area contributed by atoms with Gasteiger partial charge in [-0.15, -0.1) is 10.2 Å². The number of aryl methyl sites for hydroxylation is 1. The third-order valence-corrected chi connectivity index (χ3v) is 4.08. The Morgan fingerprint density at radius 1 is 1.44 bits per heavy atom. The van der Waals surface area contributed by atoms with Gasteiger partial charge in [0.2, 0.25) is 0 Å². The van der Waals surface area contributed by atoms with E-state index in [1.54, 1.807) is 0 Å². The summed E-state index contributed by atoms with van der Waals surface area (Å²) in [6, 6.07) is 0.502. The predicted molar refractivity (Wildman–Crippen MR) is 65.2 cm³/mol. The molecular weight excluding hydrogens is 230 g/mol. The Hall–Kier alpha value is -1.39. The highest BCUT2D eigenvalue weighted by Crippen LogP contribution is 2.47. The average molecular weight is 249 g/mol. The van der Waals surface area contributed by atoms with E-state index in [1.165, 1.54) is 12.8 Å². The van der Waals surface area contributed by atoms with E-state index in [0.717, 1.165) is 30.9 Å². The number of rotatable bonds is 4. The fourth-order valence-electron chi connectivity index (χ4n) is 2.78. The number of aromatic nitrogens is 3. The normalized spacial score (nSPS) is 21.4. The molecule has 5 heteroatoms. The van der Waals surface area contributed by atoms with Gasteiger partial charge in [0, 0.05) is 6.04 Å². The van der Waals surface area contributed by atoms with Gasteiger partial charge in [0.1, 0.15) is 11.2 Å². The Balaban J connectivity index is 1.99. The third-order valence-electron chi connectivity index (χ3n) is 4.08. The molecule has 2 aliphatic carbocycles. The Morgan fingerprint density at radius 2 is 2.17 bits per heavy atom. The van der Waals surface area contributed by atoms with Crippen LogP contribution in [0.15, 0.2) is 0 Å². The van der Waals surface area contributed by atoms with E-state index in [9.17, 15) is 4.79 Å². The van der Waals surface area contributed by atoms with Gasteiger partial charge in [-0.25, -0.2) is 0 Å². The molecular formula is C13H19N3O2. The van der Waals surface area contributed by atoms with Crippen LogP contribution in [0.2, 0.25) is 0 Å². The minimum atomic E-state index is -0.514. The molecule has 3 rings (SSSR count). The fourth-order valence-corrected chi connectivity index (χ4v) is 2.78. The van der Waals surface area contributed by atoms with Crippen LogP contribution >= 0.6 is 0 Å². The summed E-state index contributed by atoms with van der Waals surface area (Å²) in [5.74, 6) is 1.64. The topological polar surface area (TPSA) is 57.0 Å². The lowest BCUT2D eigenvalue weighted by molar-refractivity contribution is -0.154. The van der Waals surface area contributed by atoms with Crippen molar-refractivity contribution in [3.05, 3.63) is 11.6 Å². The van der Waals surface area contributed by atoms with E-state index >= 15 is 0 Å². The standard InChI is InChI=1S/C13H19N3O2/c1-3-18-12(17)13(7-4-8-13)11-15-14-9(2)16(11)10-5-6-10/h10H,3-8H2,1-2H3. The summed E-state index contributed by atoms with van der Waals surface area (Å²) in [4.78, 5) is 12.2. The van der Waals surface area contributed by atoms with E-state index in [4.69, 9.17) is 4.74 Å². The first-order valence-electron chi connectivity index (χ1n) is 6.78. The largest absolute Gasteiger partial charge is 0.465 e. The molecule has 0 radical (unpaired) electrons. The van der Waals surface area contributed by atoms with Crippen LogP contribution in [0.3, 0.4) is 0 Å². The minimum absolute atomic E-state index is 0.120. The molecule has 2 saturated carbocycles. The molecule has 1 aromatic heterocycles. The third kappa shape index (κ3) is 1.56. The molecule has 0 saturated heterocycles. The van der Waals surface area contributed by atoms with Crippen LogP contribution in [0, 0.1) is 6.92 Å². The van der Waals surface area contributed by atoms with E-state index in [1.807, 2.05) is 13.8 Å². The van der Waals surface area contributed by atoms with Crippen LogP contribution in [-0.2, 0) is 14.9 Å². The van der Waals surface area contributed by atoms with Crippen LogP contribution in [0.5, 0.6) is 0 Å². The van der Waals surface area contributed by atoms with Gasteiger partial charge >= 0.3 is 5.97 Å². The first kappa shape index (κ1) is 11.7. The molecule has 0 atom stereocenters. The molecule has 0 spiro atoms. The molecule has 2 fully saturated rings. The van der Waals surface area contributed by atoms with Crippen molar-refractivity contribution in [1.82, 2.24) is 14.8 Å². The number of carbonyl (C=O) groups is 1. The Bertz CT molecular complexity index is 473. The molecule has 0 aliphatic heterocycles. The lowest BCUT2D eigenvalue weighted by Gasteiger charge is -2.38. The lowest BCUT2D eigenvalue weighted by atomic mass is 9.68. The number of esters is 1. The summed E-state index contributed by atoms with van der Waals surface area (Å²) in [5, 5.41) is 8.46. The minimum Gasteiger partial charge on any atom is -0.465 e. The monoisotopic (exact) mass is 249 g/mol. The SMILES string of the molecule is CCOC(=O)C1(c2nnc(C)n2C2CC2)CCC1. The molecule has 1 aromatic rings. The highest BCUT2D eigenvalue weighted by molar-refractivity contribution is 5.83. The average Bonchev–Trinajstić information content (AvgIpc) is 3.03. The van der Waals surface area contributed by atoms with Gasteiger partial charge in [0.25, 0.3) is 0 Å². The number of hydrogen-bond acceptors (Lipinski definition) is 4. The number of ether oxygens (including phenoxy) is 1. The zero-order valence-electron chi connectivity index (χ0n) is 11.0. The summed E-state index contributed by atoms with van der Waals surface area (Å²) in [5.41, 5.74) is -0.514. The predicted octanol–water partition coefficient (Wildman–Crippen LogP) is 1.91. The first-order chi connectivity index (χ1) is 8.69. The van der Waals surface area contributed by atoms with Gasteiger partial charge in [-0.1, -0.05) is 6.42 Å². The van der Waals surface area contributed by atoms with E-state index in [0.29, 0.717) is 12.6 Å². The van der Waals surface area contributed by atoms with Crippen LogP contribution in [-0.4, -0.2) is 27.3 Å². The van der Waals surface area contributed by atoms with Crippen LogP contribution in [0.1, 0.15) is 56.7 Å². The maximum Gasteiger partial charge on any atom is 0.319 e. The Labute approximate surface area is 107 Å². The van der Waals surface area contributed by atoms with Crippen molar-refractivity contribution in [2.24, 2.45) is 0 Å². The maximum atomic E-state index is 12.2. The van der Waals surface area contributed by atoms with E-state index in [-0.39, 0.29) is 5.97 Å². The van der Waals surface area contributed by atoms with Crippen molar-refractivity contribution < 1.29 is 9.53 Å². The molecule has 98 valence electrons. The summed E-state index contributed by atoms with van der Waals surface area (Å²) in [7, 11) is 0. The molecule has 0 N–H and O–H groups in total. The summed E-state index contributed by atoms with van der Waals surface area (Å²) < 4.78 is 7.41. The summed E-state index contributed by atoms with van der Waals surface area (Å²) in [6.45, 7) is 4.24. The van der Waals surface area contributed by atoms with Crippen LogP contribution in [0.25, 0.3) is 0 Å². The van der Waals surface area contributed by atoms with E-state index in [2.05, 4.69) is 14.8 Å². The number of carbonyl (C=O) groups excluding carboxylic acids is 1. The van der Waals surface area contributed by atoms with Gasteiger partial charge in [-0.3, -0.25) is 4.79 Å². The Morgan fingerprint density at radius 3 is 2.67 bits per heavy atom.